The molecule has 0 amide bonds. The van der Waals surface area contributed by atoms with Crippen LogP contribution < -0.4 is 11.5 Å². The molecule has 0 spiro atoms. The number of aromatic hydroxyl groups is 2. The number of carboxylic acid groups (broad SMARTS) is 1. The number of carboxylic acids is 1. The number of nitrogens with two attached hydrogens (primary N) is 2. The van der Waals surface area contributed by atoms with Crippen molar-refractivity contribution in [2.75, 3.05) is 11.5 Å². The zero-order valence-corrected chi connectivity index (χ0v) is 15.3. The zero-order chi connectivity index (χ0) is 21.4. The van der Waals surface area contributed by atoms with E-state index >= 15 is 0 Å². The normalized spacial score (nSPS) is 9.79. The van der Waals surface area contributed by atoms with Crippen LogP contribution in [-0.2, 0) is 11.3 Å². The number of rotatable bonds is 4. The number of carbonyl (C=O) groups is 2. The average Bonchev–Trinajstić information content (AvgIpc) is 2.67. The van der Waals surface area contributed by atoms with Crippen LogP contribution in [-0.4, -0.2) is 27.3 Å². The highest BCUT2D eigenvalue weighted by atomic mass is 16.5. The number of benzene rings is 3. The summed E-state index contributed by atoms with van der Waals surface area (Å²) in [5.74, 6) is -2.22. The summed E-state index contributed by atoms with van der Waals surface area (Å²) < 4.78 is 5.10. The second-order valence-electron chi connectivity index (χ2n) is 5.92. The lowest BCUT2D eigenvalue weighted by molar-refractivity contribution is 0.0469. The predicted molar refractivity (Wildman–Crippen MR) is 108 cm³/mol. The van der Waals surface area contributed by atoms with Crippen molar-refractivity contribution in [1.82, 2.24) is 0 Å². The molecule has 0 radical (unpaired) electrons. The van der Waals surface area contributed by atoms with Gasteiger partial charge in [-0.15, -0.1) is 0 Å². The van der Waals surface area contributed by atoms with E-state index in [0.29, 0.717) is 11.4 Å². The van der Waals surface area contributed by atoms with Crippen LogP contribution in [0.3, 0.4) is 0 Å². The highest BCUT2D eigenvalue weighted by Crippen LogP contribution is 2.21. The summed E-state index contributed by atoms with van der Waals surface area (Å²) in [4.78, 5) is 22.1. The Hall–Kier alpha value is -4.20. The lowest BCUT2D eigenvalue weighted by atomic mass is 10.2. The number of nitrogen functional groups attached to an aromatic ring is 2. The van der Waals surface area contributed by atoms with Crippen molar-refractivity contribution in [1.29, 1.82) is 0 Å². The van der Waals surface area contributed by atoms with Crippen LogP contribution in [0.4, 0.5) is 11.4 Å². The summed E-state index contributed by atoms with van der Waals surface area (Å²) in [6.07, 6.45) is 0. The Kier molecular flexibility index (Phi) is 7.03. The van der Waals surface area contributed by atoms with E-state index in [1.54, 1.807) is 6.07 Å². The molecular formula is C21H20N2O6. The molecule has 7 N–H and O–H groups in total. The van der Waals surface area contributed by atoms with Gasteiger partial charge in [0, 0.05) is 23.5 Å². The van der Waals surface area contributed by atoms with Crippen LogP contribution >= 0.6 is 0 Å². The van der Waals surface area contributed by atoms with Crippen molar-refractivity contribution in [2.24, 2.45) is 0 Å². The van der Waals surface area contributed by atoms with Crippen LogP contribution in [0.2, 0.25) is 0 Å². The number of phenolic OH excluding ortho intramolecular Hbond substituents is 1. The average molecular weight is 396 g/mol. The lowest BCUT2D eigenvalue weighted by Gasteiger charge is -2.06. The van der Waals surface area contributed by atoms with E-state index in [1.165, 1.54) is 30.3 Å². The standard InChI is InChI=1S/C14H13NO3.C7H7NO3/c15-11-6-7-12(13(16)8-11)14(17)18-9-10-4-2-1-3-5-10;8-4-1-2-5(7(10)11)6(9)3-4/h1-8,16H,9,15H2;1-3,9H,8H2,(H,10,11). The molecule has 29 heavy (non-hydrogen) atoms. The number of ether oxygens (including phenoxy) is 1. The summed E-state index contributed by atoms with van der Waals surface area (Å²) >= 11 is 0. The molecule has 0 aliphatic heterocycles. The minimum Gasteiger partial charge on any atom is -0.507 e. The van der Waals surface area contributed by atoms with Gasteiger partial charge in [-0.3, -0.25) is 0 Å². The molecule has 8 nitrogen and oxygen atoms in total. The third-order valence-electron chi connectivity index (χ3n) is 3.71. The SMILES string of the molecule is Nc1ccc(C(=O)O)c(O)c1.Nc1ccc(C(=O)OCc2ccccc2)c(O)c1. The molecule has 3 aromatic carbocycles. The van der Waals surface area contributed by atoms with E-state index in [4.69, 9.17) is 26.4 Å². The van der Waals surface area contributed by atoms with E-state index in [2.05, 4.69) is 0 Å². The Balaban J connectivity index is 0.000000234. The van der Waals surface area contributed by atoms with Crippen molar-refractivity contribution in [3.8, 4) is 11.5 Å². The maximum Gasteiger partial charge on any atom is 0.342 e. The quantitative estimate of drug-likeness (QED) is 0.333. The molecule has 0 bridgehead atoms. The first-order chi connectivity index (χ1) is 13.8. The van der Waals surface area contributed by atoms with Gasteiger partial charge in [-0.25, -0.2) is 9.59 Å². The Labute approximate surface area is 166 Å². The summed E-state index contributed by atoms with van der Waals surface area (Å²) in [6.45, 7) is 0.170. The smallest absolute Gasteiger partial charge is 0.342 e. The molecule has 0 saturated carbocycles. The molecule has 0 atom stereocenters. The van der Waals surface area contributed by atoms with Gasteiger partial charge in [0.1, 0.15) is 29.2 Å². The van der Waals surface area contributed by atoms with Crippen LogP contribution in [0, 0.1) is 0 Å². The van der Waals surface area contributed by atoms with Crippen LogP contribution in [0.25, 0.3) is 0 Å². The van der Waals surface area contributed by atoms with Gasteiger partial charge in [-0.05, 0) is 29.8 Å². The van der Waals surface area contributed by atoms with Crippen molar-refractivity contribution in [2.45, 2.75) is 6.61 Å². The second kappa shape index (κ2) is 9.65. The number of hydrogen-bond acceptors (Lipinski definition) is 7. The lowest BCUT2D eigenvalue weighted by Crippen LogP contribution is -2.05. The van der Waals surface area contributed by atoms with Gasteiger partial charge in [0.25, 0.3) is 0 Å². The first-order valence-corrected chi connectivity index (χ1v) is 8.39. The minimum absolute atomic E-state index is 0.111. The van der Waals surface area contributed by atoms with E-state index in [9.17, 15) is 14.7 Å². The van der Waals surface area contributed by atoms with Gasteiger partial charge in [-0.1, -0.05) is 30.3 Å². The highest BCUT2D eigenvalue weighted by Gasteiger charge is 2.12. The number of phenols is 2. The highest BCUT2D eigenvalue weighted by molar-refractivity contribution is 5.93. The van der Waals surface area contributed by atoms with Gasteiger partial charge in [-0.2, -0.15) is 0 Å². The maximum atomic E-state index is 11.7. The molecule has 0 saturated heterocycles. The zero-order valence-electron chi connectivity index (χ0n) is 15.3. The summed E-state index contributed by atoms with van der Waals surface area (Å²) in [7, 11) is 0. The minimum atomic E-state index is -1.16. The van der Waals surface area contributed by atoms with Gasteiger partial charge in [0.2, 0.25) is 0 Å². The maximum absolute atomic E-state index is 11.7. The van der Waals surface area contributed by atoms with E-state index in [1.807, 2.05) is 30.3 Å². The van der Waals surface area contributed by atoms with Gasteiger partial charge in [0.15, 0.2) is 0 Å². The molecular weight excluding hydrogens is 376 g/mol. The number of hydrogen-bond donors (Lipinski definition) is 5. The van der Waals surface area contributed by atoms with E-state index in [-0.39, 0.29) is 29.2 Å². The topological polar surface area (TPSA) is 156 Å². The first kappa shape index (κ1) is 21.1. The number of esters is 1. The summed E-state index contributed by atoms with van der Waals surface area (Å²) in [6, 6.07) is 17.5. The van der Waals surface area contributed by atoms with Crippen LogP contribution in [0.15, 0.2) is 66.7 Å². The van der Waals surface area contributed by atoms with Crippen LogP contribution in [0.1, 0.15) is 26.3 Å². The van der Waals surface area contributed by atoms with Crippen molar-refractivity contribution >= 4 is 23.3 Å². The molecule has 150 valence electrons. The largest absolute Gasteiger partial charge is 0.507 e. The Morgan fingerprint density at radius 2 is 1.31 bits per heavy atom. The van der Waals surface area contributed by atoms with Crippen molar-refractivity contribution < 1.29 is 29.6 Å². The number of anilines is 2. The molecule has 0 aliphatic carbocycles. The number of aromatic carboxylic acids is 1. The summed E-state index contributed by atoms with van der Waals surface area (Å²) in [5.41, 5.74) is 12.4. The fourth-order valence-electron chi connectivity index (χ4n) is 2.25. The number of carbonyl (C=O) groups excluding carboxylic acids is 1. The molecule has 3 aromatic rings. The molecule has 0 heterocycles. The molecule has 0 fully saturated rings. The molecule has 3 rings (SSSR count). The Bertz CT molecular complexity index is 1010. The van der Waals surface area contributed by atoms with Crippen molar-refractivity contribution in [3.05, 3.63) is 83.4 Å². The van der Waals surface area contributed by atoms with Gasteiger partial charge < -0.3 is 31.5 Å². The molecule has 0 unspecified atom stereocenters. The molecule has 8 heteroatoms. The fraction of sp³-hybridized carbons (Fsp3) is 0.0476. The molecule has 0 aliphatic rings. The van der Waals surface area contributed by atoms with E-state index in [0.717, 1.165) is 5.56 Å². The second-order valence-corrected chi connectivity index (χ2v) is 5.92. The van der Waals surface area contributed by atoms with Gasteiger partial charge in [0.05, 0.1) is 0 Å². The van der Waals surface area contributed by atoms with Gasteiger partial charge >= 0.3 is 11.9 Å². The van der Waals surface area contributed by atoms with Crippen molar-refractivity contribution in [3.63, 3.8) is 0 Å². The Morgan fingerprint density at radius 3 is 1.79 bits per heavy atom. The summed E-state index contributed by atoms with van der Waals surface area (Å²) in [5, 5.41) is 27.0. The Morgan fingerprint density at radius 1 is 0.793 bits per heavy atom. The predicted octanol–water partition coefficient (Wildman–Crippen LogP) is 3.00. The monoisotopic (exact) mass is 396 g/mol. The molecule has 0 aromatic heterocycles. The third kappa shape index (κ3) is 6.17. The van der Waals surface area contributed by atoms with Crippen LogP contribution in [0.5, 0.6) is 11.5 Å². The fourth-order valence-corrected chi connectivity index (χ4v) is 2.25. The van der Waals surface area contributed by atoms with E-state index < -0.39 is 11.9 Å². The third-order valence-corrected chi connectivity index (χ3v) is 3.71. The first-order valence-electron chi connectivity index (χ1n) is 8.39.